The lowest BCUT2D eigenvalue weighted by Crippen LogP contribution is -2.37. The van der Waals surface area contributed by atoms with Crippen molar-refractivity contribution in [1.29, 1.82) is 0 Å². The summed E-state index contributed by atoms with van der Waals surface area (Å²) in [5.41, 5.74) is 2.89. The summed E-state index contributed by atoms with van der Waals surface area (Å²) in [6.45, 7) is 2.95. The highest BCUT2D eigenvalue weighted by atomic mass is 16.7. The molecule has 0 bridgehead atoms. The molecule has 2 rings (SSSR count). The molecule has 2 aromatic rings. The third-order valence-electron chi connectivity index (χ3n) is 3.67. The van der Waals surface area contributed by atoms with Gasteiger partial charge in [-0.05, 0) is 44.3 Å². The average Bonchev–Trinajstić information content (AvgIpc) is 2.59. The normalized spacial score (nSPS) is 10.8. The number of aryl methyl sites for hydroxylation is 1. The van der Waals surface area contributed by atoms with Crippen LogP contribution in [0.25, 0.3) is 0 Å². The topological polar surface area (TPSA) is 42.0 Å². The summed E-state index contributed by atoms with van der Waals surface area (Å²) in [6.07, 6.45) is 0. The SMILES string of the molecule is COCOc1ccc(C)cc1N(Cc1ccccc1)C(=O)CN(C)C. The third kappa shape index (κ3) is 5.59. The molecule has 0 saturated heterocycles. The Balaban J connectivity index is 2.39. The lowest BCUT2D eigenvalue weighted by atomic mass is 10.1. The van der Waals surface area contributed by atoms with Gasteiger partial charge in [0.1, 0.15) is 5.75 Å². The predicted octanol–water partition coefficient (Wildman–Crippen LogP) is 3.07. The predicted molar refractivity (Wildman–Crippen MR) is 99.9 cm³/mol. The Hall–Kier alpha value is -2.37. The number of anilines is 1. The molecule has 0 aliphatic carbocycles. The zero-order chi connectivity index (χ0) is 18.2. The Morgan fingerprint density at radius 3 is 2.44 bits per heavy atom. The Labute approximate surface area is 149 Å². The van der Waals surface area contributed by atoms with Crippen LogP contribution in [0.5, 0.6) is 5.75 Å². The molecule has 2 aromatic carbocycles. The molecule has 0 saturated carbocycles. The fourth-order valence-corrected chi connectivity index (χ4v) is 2.51. The molecule has 0 spiro atoms. The molecular formula is C20H26N2O3. The Kier molecular flexibility index (Phi) is 6.98. The highest BCUT2D eigenvalue weighted by Crippen LogP contribution is 2.31. The Bertz CT molecular complexity index is 687. The van der Waals surface area contributed by atoms with Crippen LogP contribution in [0, 0.1) is 6.92 Å². The fourth-order valence-electron chi connectivity index (χ4n) is 2.51. The summed E-state index contributed by atoms with van der Waals surface area (Å²) >= 11 is 0. The third-order valence-corrected chi connectivity index (χ3v) is 3.67. The van der Waals surface area contributed by atoms with Crippen LogP contribution in [0.2, 0.25) is 0 Å². The lowest BCUT2D eigenvalue weighted by Gasteiger charge is -2.27. The molecule has 5 nitrogen and oxygen atoms in total. The zero-order valence-electron chi connectivity index (χ0n) is 15.4. The number of methoxy groups -OCH3 is 1. The standard InChI is InChI=1S/C20H26N2O3/c1-16-10-11-19(25-15-24-4)18(12-16)22(20(23)14-21(2)3)13-17-8-6-5-7-9-17/h5-12H,13-15H2,1-4H3. The van der Waals surface area contributed by atoms with Crippen LogP contribution in [-0.2, 0) is 16.1 Å². The van der Waals surface area contributed by atoms with E-state index in [1.54, 1.807) is 12.0 Å². The highest BCUT2D eigenvalue weighted by molar-refractivity contribution is 5.96. The summed E-state index contributed by atoms with van der Waals surface area (Å²) in [5, 5.41) is 0. The molecule has 0 aromatic heterocycles. The monoisotopic (exact) mass is 342 g/mol. The van der Waals surface area contributed by atoms with Gasteiger partial charge in [0.25, 0.3) is 0 Å². The van der Waals surface area contributed by atoms with Crippen LogP contribution in [-0.4, -0.2) is 45.3 Å². The van der Waals surface area contributed by atoms with E-state index in [9.17, 15) is 4.79 Å². The van der Waals surface area contributed by atoms with E-state index in [1.165, 1.54) is 0 Å². The first kappa shape index (κ1) is 19.0. The molecule has 0 aliphatic heterocycles. The van der Waals surface area contributed by atoms with E-state index in [2.05, 4.69) is 0 Å². The van der Waals surface area contributed by atoms with Crippen LogP contribution >= 0.6 is 0 Å². The van der Waals surface area contributed by atoms with Crippen molar-refractivity contribution < 1.29 is 14.3 Å². The van der Waals surface area contributed by atoms with Crippen molar-refractivity contribution in [3.8, 4) is 5.75 Å². The number of carbonyl (C=O) groups is 1. The van der Waals surface area contributed by atoms with Gasteiger partial charge in [-0.3, -0.25) is 4.79 Å². The molecule has 1 amide bonds. The van der Waals surface area contributed by atoms with E-state index in [4.69, 9.17) is 9.47 Å². The van der Waals surface area contributed by atoms with Crippen LogP contribution in [0.15, 0.2) is 48.5 Å². The molecule has 134 valence electrons. The van der Waals surface area contributed by atoms with Crippen molar-refractivity contribution in [1.82, 2.24) is 4.90 Å². The van der Waals surface area contributed by atoms with E-state index in [1.807, 2.05) is 74.4 Å². The van der Waals surface area contributed by atoms with E-state index < -0.39 is 0 Å². The Morgan fingerprint density at radius 2 is 1.80 bits per heavy atom. The van der Waals surface area contributed by atoms with Gasteiger partial charge < -0.3 is 19.3 Å². The largest absolute Gasteiger partial charge is 0.465 e. The van der Waals surface area contributed by atoms with E-state index in [-0.39, 0.29) is 12.7 Å². The number of rotatable bonds is 8. The summed E-state index contributed by atoms with van der Waals surface area (Å²) in [5.74, 6) is 0.650. The number of nitrogens with zero attached hydrogens (tertiary/aromatic N) is 2. The summed E-state index contributed by atoms with van der Waals surface area (Å²) in [4.78, 5) is 16.5. The van der Waals surface area contributed by atoms with Gasteiger partial charge in [-0.1, -0.05) is 36.4 Å². The maximum absolute atomic E-state index is 12.9. The first-order valence-corrected chi connectivity index (χ1v) is 8.22. The number of hydrogen-bond donors (Lipinski definition) is 0. The highest BCUT2D eigenvalue weighted by Gasteiger charge is 2.21. The van der Waals surface area contributed by atoms with Gasteiger partial charge in [0.05, 0.1) is 18.8 Å². The van der Waals surface area contributed by atoms with Gasteiger partial charge >= 0.3 is 0 Å². The van der Waals surface area contributed by atoms with Crippen molar-refractivity contribution in [3.63, 3.8) is 0 Å². The Morgan fingerprint density at radius 1 is 1.08 bits per heavy atom. The van der Waals surface area contributed by atoms with E-state index >= 15 is 0 Å². The molecule has 0 heterocycles. The van der Waals surface area contributed by atoms with Crippen LogP contribution in [0.3, 0.4) is 0 Å². The average molecular weight is 342 g/mol. The van der Waals surface area contributed by atoms with Gasteiger partial charge in [-0.15, -0.1) is 0 Å². The maximum atomic E-state index is 12.9. The minimum absolute atomic E-state index is 0.0155. The second kappa shape index (κ2) is 9.20. The first-order valence-electron chi connectivity index (χ1n) is 8.22. The van der Waals surface area contributed by atoms with Crippen LogP contribution < -0.4 is 9.64 Å². The molecule has 25 heavy (non-hydrogen) atoms. The van der Waals surface area contributed by atoms with E-state index in [0.29, 0.717) is 18.8 Å². The van der Waals surface area contributed by atoms with Gasteiger partial charge in [0.2, 0.25) is 5.91 Å². The molecular weight excluding hydrogens is 316 g/mol. The second-order valence-electron chi connectivity index (χ2n) is 6.23. The van der Waals surface area contributed by atoms with E-state index in [0.717, 1.165) is 16.8 Å². The number of ether oxygens (including phenoxy) is 2. The van der Waals surface area contributed by atoms with Crippen molar-refractivity contribution in [2.24, 2.45) is 0 Å². The number of hydrogen-bond acceptors (Lipinski definition) is 4. The van der Waals surface area contributed by atoms with Crippen LogP contribution in [0.4, 0.5) is 5.69 Å². The first-order chi connectivity index (χ1) is 12.0. The second-order valence-corrected chi connectivity index (χ2v) is 6.23. The van der Waals surface area contributed by atoms with Gasteiger partial charge in [-0.2, -0.15) is 0 Å². The zero-order valence-corrected chi connectivity index (χ0v) is 15.4. The van der Waals surface area contributed by atoms with Crippen LogP contribution in [0.1, 0.15) is 11.1 Å². The molecule has 0 unspecified atom stereocenters. The molecule has 0 atom stereocenters. The summed E-state index contributed by atoms with van der Waals surface area (Å²) in [6, 6.07) is 15.8. The fraction of sp³-hybridized carbons (Fsp3) is 0.350. The summed E-state index contributed by atoms with van der Waals surface area (Å²) < 4.78 is 10.7. The number of carbonyl (C=O) groups excluding carboxylic acids is 1. The molecule has 5 heteroatoms. The minimum Gasteiger partial charge on any atom is -0.465 e. The maximum Gasteiger partial charge on any atom is 0.241 e. The molecule has 0 radical (unpaired) electrons. The molecule has 0 aliphatic rings. The van der Waals surface area contributed by atoms with Crippen molar-refractivity contribution in [2.45, 2.75) is 13.5 Å². The van der Waals surface area contributed by atoms with Gasteiger partial charge in [0.15, 0.2) is 6.79 Å². The van der Waals surface area contributed by atoms with Crippen molar-refractivity contribution in [3.05, 3.63) is 59.7 Å². The summed E-state index contributed by atoms with van der Waals surface area (Å²) in [7, 11) is 5.35. The van der Waals surface area contributed by atoms with Crippen molar-refractivity contribution in [2.75, 3.05) is 39.4 Å². The van der Waals surface area contributed by atoms with Crippen molar-refractivity contribution >= 4 is 11.6 Å². The smallest absolute Gasteiger partial charge is 0.241 e. The molecule has 0 N–H and O–H groups in total. The lowest BCUT2D eigenvalue weighted by molar-refractivity contribution is -0.119. The van der Waals surface area contributed by atoms with Gasteiger partial charge in [-0.25, -0.2) is 0 Å². The number of benzene rings is 2. The van der Waals surface area contributed by atoms with Gasteiger partial charge in [0, 0.05) is 7.11 Å². The molecule has 0 fully saturated rings. The number of likely N-dealkylation sites (N-methyl/N-ethyl adjacent to an activating group) is 1. The quantitative estimate of drug-likeness (QED) is 0.692. The minimum atomic E-state index is 0.0155. The number of amides is 1.